The Hall–Kier alpha value is -0.500. The molecule has 0 N–H and O–H groups in total. The van der Waals surface area contributed by atoms with Gasteiger partial charge in [-0.15, -0.1) is 0 Å². The highest BCUT2D eigenvalue weighted by Gasteiger charge is 2.12. The fraction of sp³-hybridized carbons (Fsp3) is 0.846. The second-order valence-electron chi connectivity index (χ2n) is 4.15. The second-order valence-corrected chi connectivity index (χ2v) is 4.15. The van der Waals surface area contributed by atoms with Gasteiger partial charge in [0.05, 0.1) is 12.9 Å². The van der Waals surface area contributed by atoms with Gasteiger partial charge < -0.3 is 9.47 Å². The van der Waals surface area contributed by atoms with Crippen molar-refractivity contribution in [3.05, 3.63) is 12.3 Å². The molecule has 1 heterocycles. The van der Waals surface area contributed by atoms with E-state index in [1.807, 2.05) is 6.26 Å². The van der Waals surface area contributed by atoms with Crippen LogP contribution in [-0.2, 0) is 9.47 Å². The molecule has 1 aliphatic rings. The zero-order valence-electron chi connectivity index (χ0n) is 9.91. The van der Waals surface area contributed by atoms with Gasteiger partial charge in [0.25, 0.3) is 0 Å². The molecule has 0 spiro atoms. The average Bonchev–Trinajstić information content (AvgIpc) is 2.29. The Kier molecular flexibility index (Phi) is 7.36. The Bertz CT molecular complexity index is 160. The molecule has 15 heavy (non-hydrogen) atoms. The molecule has 88 valence electrons. The first-order valence-corrected chi connectivity index (χ1v) is 6.35. The van der Waals surface area contributed by atoms with Crippen LogP contribution in [0.2, 0.25) is 0 Å². The summed E-state index contributed by atoms with van der Waals surface area (Å²) in [5, 5.41) is 0. The molecular formula is C13H24O2. The minimum absolute atomic E-state index is 0.0191. The summed E-state index contributed by atoms with van der Waals surface area (Å²) in [6, 6.07) is 0. The van der Waals surface area contributed by atoms with Crippen LogP contribution in [0.25, 0.3) is 0 Å². The quantitative estimate of drug-likeness (QED) is 0.469. The van der Waals surface area contributed by atoms with E-state index in [9.17, 15) is 0 Å². The number of unbranched alkanes of at least 4 members (excludes halogenated alkanes) is 4. The molecule has 0 aromatic heterocycles. The summed E-state index contributed by atoms with van der Waals surface area (Å²) in [5.41, 5.74) is 0. The third-order valence-corrected chi connectivity index (χ3v) is 2.69. The van der Waals surface area contributed by atoms with E-state index in [1.54, 1.807) is 0 Å². The summed E-state index contributed by atoms with van der Waals surface area (Å²) in [6.07, 6.45) is 13.8. The molecule has 2 heteroatoms. The van der Waals surface area contributed by atoms with Gasteiger partial charge in [-0.25, -0.2) is 0 Å². The van der Waals surface area contributed by atoms with Crippen molar-refractivity contribution in [2.24, 2.45) is 0 Å². The van der Waals surface area contributed by atoms with Crippen LogP contribution in [-0.4, -0.2) is 12.9 Å². The molecule has 0 aliphatic carbocycles. The summed E-state index contributed by atoms with van der Waals surface area (Å²) < 4.78 is 10.9. The molecule has 1 aliphatic heterocycles. The van der Waals surface area contributed by atoms with Crippen molar-refractivity contribution in [1.82, 2.24) is 0 Å². The maximum absolute atomic E-state index is 5.49. The Morgan fingerprint density at radius 3 is 2.93 bits per heavy atom. The van der Waals surface area contributed by atoms with Gasteiger partial charge >= 0.3 is 0 Å². The summed E-state index contributed by atoms with van der Waals surface area (Å²) in [7, 11) is 0. The Balaban J connectivity index is 1.91. The molecule has 0 bridgehead atoms. The topological polar surface area (TPSA) is 18.5 Å². The fourth-order valence-corrected chi connectivity index (χ4v) is 1.72. The number of ether oxygens (including phenoxy) is 2. The van der Waals surface area contributed by atoms with E-state index in [2.05, 4.69) is 13.0 Å². The molecule has 0 saturated carbocycles. The van der Waals surface area contributed by atoms with Gasteiger partial charge in [0.1, 0.15) is 0 Å². The van der Waals surface area contributed by atoms with E-state index in [0.717, 1.165) is 19.4 Å². The monoisotopic (exact) mass is 212 g/mol. The minimum Gasteiger partial charge on any atom is -0.473 e. The lowest BCUT2D eigenvalue weighted by molar-refractivity contribution is -0.129. The van der Waals surface area contributed by atoms with Crippen LogP contribution in [0, 0.1) is 0 Å². The average molecular weight is 212 g/mol. The van der Waals surface area contributed by atoms with Gasteiger partial charge in [-0.05, 0) is 31.8 Å². The minimum atomic E-state index is 0.0191. The molecule has 0 radical (unpaired) electrons. The number of hydrogen-bond donors (Lipinski definition) is 0. The molecule has 1 rings (SSSR count). The molecule has 0 aromatic rings. The zero-order valence-corrected chi connectivity index (χ0v) is 9.91. The highest BCUT2D eigenvalue weighted by molar-refractivity contribution is 4.74. The van der Waals surface area contributed by atoms with E-state index in [-0.39, 0.29) is 6.29 Å². The van der Waals surface area contributed by atoms with Crippen molar-refractivity contribution < 1.29 is 9.47 Å². The first-order chi connectivity index (χ1) is 7.43. The van der Waals surface area contributed by atoms with Crippen molar-refractivity contribution in [3.8, 4) is 0 Å². The van der Waals surface area contributed by atoms with Crippen LogP contribution in [0.1, 0.15) is 58.3 Å². The number of allylic oxidation sites excluding steroid dienone is 1. The molecule has 0 aromatic carbocycles. The summed E-state index contributed by atoms with van der Waals surface area (Å²) in [6.45, 7) is 3.09. The van der Waals surface area contributed by atoms with Crippen LogP contribution in [0.3, 0.4) is 0 Å². The van der Waals surface area contributed by atoms with Crippen molar-refractivity contribution in [3.63, 3.8) is 0 Å². The van der Waals surface area contributed by atoms with E-state index < -0.39 is 0 Å². The molecule has 1 unspecified atom stereocenters. The van der Waals surface area contributed by atoms with Gasteiger partial charge in [0.2, 0.25) is 0 Å². The first kappa shape index (κ1) is 12.6. The van der Waals surface area contributed by atoms with Crippen molar-refractivity contribution >= 4 is 0 Å². The van der Waals surface area contributed by atoms with E-state index in [1.165, 1.54) is 38.5 Å². The van der Waals surface area contributed by atoms with Crippen molar-refractivity contribution in [2.45, 2.75) is 64.6 Å². The lowest BCUT2D eigenvalue weighted by Crippen LogP contribution is -2.19. The maximum atomic E-state index is 5.49. The summed E-state index contributed by atoms with van der Waals surface area (Å²) in [4.78, 5) is 0. The third-order valence-electron chi connectivity index (χ3n) is 2.69. The summed E-state index contributed by atoms with van der Waals surface area (Å²) in [5.74, 6) is 0. The van der Waals surface area contributed by atoms with Crippen LogP contribution in [0.5, 0.6) is 0 Å². The van der Waals surface area contributed by atoms with Crippen LogP contribution < -0.4 is 0 Å². The number of hydrogen-bond acceptors (Lipinski definition) is 2. The highest BCUT2D eigenvalue weighted by Crippen LogP contribution is 2.14. The van der Waals surface area contributed by atoms with Crippen molar-refractivity contribution in [2.75, 3.05) is 6.61 Å². The maximum Gasteiger partial charge on any atom is 0.198 e. The van der Waals surface area contributed by atoms with Gasteiger partial charge in [-0.3, -0.25) is 0 Å². The SMILES string of the molecule is CCCCCC/C=C/OC1CCCCO1. The summed E-state index contributed by atoms with van der Waals surface area (Å²) >= 11 is 0. The molecule has 1 fully saturated rings. The van der Waals surface area contributed by atoms with E-state index in [0.29, 0.717) is 0 Å². The predicted octanol–water partition coefficient (Wildman–Crippen LogP) is 4.01. The largest absolute Gasteiger partial charge is 0.473 e. The van der Waals surface area contributed by atoms with Crippen LogP contribution in [0.15, 0.2) is 12.3 Å². The smallest absolute Gasteiger partial charge is 0.198 e. The molecule has 1 saturated heterocycles. The molecular weight excluding hydrogens is 188 g/mol. The zero-order chi connectivity index (χ0) is 10.8. The van der Waals surface area contributed by atoms with Gasteiger partial charge in [0.15, 0.2) is 6.29 Å². The lowest BCUT2D eigenvalue weighted by atomic mass is 10.1. The molecule has 1 atom stereocenters. The fourth-order valence-electron chi connectivity index (χ4n) is 1.72. The third kappa shape index (κ3) is 6.56. The second kappa shape index (κ2) is 8.78. The number of rotatable bonds is 7. The standard InChI is InChI=1S/C13H24O2/c1-2-3-4-5-6-8-11-14-13-10-7-9-12-15-13/h8,11,13H,2-7,9-10,12H2,1H3/b11-8+. The van der Waals surface area contributed by atoms with Gasteiger partial charge in [-0.1, -0.05) is 26.2 Å². The van der Waals surface area contributed by atoms with Gasteiger partial charge in [-0.2, -0.15) is 0 Å². The Labute approximate surface area is 93.7 Å². The van der Waals surface area contributed by atoms with E-state index >= 15 is 0 Å². The Morgan fingerprint density at radius 1 is 1.27 bits per heavy atom. The first-order valence-electron chi connectivity index (χ1n) is 6.35. The van der Waals surface area contributed by atoms with E-state index in [4.69, 9.17) is 9.47 Å². The highest BCUT2D eigenvalue weighted by atomic mass is 16.7. The lowest BCUT2D eigenvalue weighted by Gasteiger charge is -2.21. The Morgan fingerprint density at radius 2 is 2.20 bits per heavy atom. The molecule has 0 amide bonds. The predicted molar refractivity (Wildman–Crippen MR) is 62.6 cm³/mol. The molecule has 2 nitrogen and oxygen atoms in total. The van der Waals surface area contributed by atoms with Gasteiger partial charge in [0, 0.05) is 6.42 Å². The van der Waals surface area contributed by atoms with Crippen LogP contribution in [0.4, 0.5) is 0 Å². The van der Waals surface area contributed by atoms with Crippen LogP contribution >= 0.6 is 0 Å². The van der Waals surface area contributed by atoms with Crippen molar-refractivity contribution in [1.29, 1.82) is 0 Å². The normalized spacial score (nSPS) is 22.1.